The van der Waals surface area contributed by atoms with Crippen molar-refractivity contribution in [2.75, 3.05) is 69.3 Å². The van der Waals surface area contributed by atoms with Crippen LogP contribution in [0, 0.1) is 15.5 Å². The first-order valence-corrected chi connectivity index (χ1v) is 23.0. The zero-order valence-corrected chi connectivity index (χ0v) is 36.9. The zero-order valence-electron chi connectivity index (χ0n) is 35.4. The number of aromatic nitrogens is 4. The summed E-state index contributed by atoms with van der Waals surface area (Å²) in [4.78, 5) is 44.4. The van der Waals surface area contributed by atoms with Crippen LogP contribution in [0.2, 0.25) is 5.02 Å². The molecule has 4 N–H and O–H groups in total. The molecule has 2 saturated heterocycles. The molecule has 6 aromatic rings. The summed E-state index contributed by atoms with van der Waals surface area (Å²) in [5.74, 6) is -0.588. The number of carbonyl (C=O) groups excluding carboxylic acids is 1. The summed E-state index contributed by atoms with van der Waals surface area (Å²) < 4.78 is 47.8. The zero-order chi connectivity index (χ0) is 44.6. The Bertz CT molecular complexity index is 2870. The van der Waals surface area contributed by atoms with Gasteiger partial charge >= 0.3 is 0 Å². The van der Waals surface area contributed by atoms with Gasteiger partial charge in [-0.2, -0.15) is 0 Å². The van der Waals surface area contributed by atoms with Crippen LogP contribution in [0.1, 0.15) is 49.0 Å². The van der Waals surface area contributed by atoms with Gasteiger partial charge < -0.3 is 34.4 Å². The number of fused-ring (bicyclic) bond motifs is 2. The van der Waals surface area contributed by atoms with E-state index >= 15 is 0 Å². The van der Waals surface area contributed by atoms with Crippen molar-refractivity contribution in [2.45, 2.75) is 44.1 Å². The number of nitro groups is 1. The Morgan fingerprint density at radius 3 is 2.62 bits per heavy atom. The van der Waals surface area contributed by atoms with Crippen molar-refractivity contribution >= 4 is 72.2 Å². The lowest BCUT2D eigenvalue weighted by Gasteiger charge is -2.39. The molecule has 1 aliphatic carbocycles. The van der Waals surface area contributed by atoms with Crippen LogP contribution >= 0.6 is 11.6 Å². The fourth-order valence-corrected chi connectivity index (χ4v) is 9.94. The minimum absolute atomic E-state index is 0.0230. The molecule has 3 aliphatic rings. The molecule has 2 aliphatic heterocycles. The van der Waals surface area contributed by atoms with E-state index in [9.17, 15) is 23.3 Å². The van der Waals surface area contributed by atoms with E-state index in [0.717, 1.165) is 61.1 Å². The van der Waals surface area contributed by atoms with Crippen molar-refractivity contribution in [3.8, 4) is 11.5 Å². The van der Waals surface area contributed by atoms with Crippen molar-refractivity contribution in [1.29, 1.82) is 0 Å². The molecule has 0 saturated carbocycles. The van der Waals surface area contributed by atoms with Gasteiger partial charge in [-0.25, -0.2) is 23.1 Å². The first-order chi connectivity index (χ1) is 30.8. The average Bonchev–Trinajstić information content (AvgIpc) is 3.97. The quantitative estimate of drug-likeness (QED) is 0.0654. The second-order valence-electron chi connectivity index (χ2n) is 17.1. The van der Waals surface area contributed by atoms with Gasteiger partial charge in [0, 0.05) is 73.7 Å². The Kier molecular flexibility index (Phi) is 12.0. The Morgan fingerprint density at radius 1 is 1.05 bits per heavy atom. The maximum atomic E-state index is 14.1. The number of rotatable bonds is 13. The summed E-state index contributed by atoms with van der Waals surface area (Å²) in [6.07, 6.45) is 7.27. The highest BCUT2D eigenvalue weighted by molar-refractivity contribution is 7.90. The predicted molar refractivity (Wildman–Crippen MR) is 244 cm³/mol. The Hall–Kier alpha value is -6.05. The van der Waals surface area contributed by atoms with Crippen molar-refractivity contribution in [2.24, 2.45) is 5.41 Å². The minimum Gasteiger partial charge on any atom is -0.455 e. The number of H-pyrrole nitrogens is 2. The molecule has 3 aromatic carbocycles. The van der Waals surface area contributed by atoms with E-state index in [1.165, 1.54) is 35.3 Å². The lowest BCUT2D eigenvalue weighted by atomic mass is 9.72. The Morgan fingerprint density at radius 2 is 1.86 bits per heavy atom. The first kappa shape index (κ1) is 43.2. The van der Waals surface area contributed by atoms with Crippen molar-refractivity contribution in [1.82, 2.24) is 29.6 Å². The molecule has 19 heteroatoms. The first-order valence-electron chi connectivity index (χ1n) is 21.1. The fraction of sp³-hybridized carbons (Fsp3) is 0.356. The molecule has 9 rings (SSSR count). The van der Waals surface area contributed by atoms with Gasteiger partial charge in [-0.1, -0.05) is 43.2 Å². The number of allylic oxidation sites excluding steroid dienone is 1. The monoisotopic (exact) mass is 909 g/mol. The maximum absolute atomic E-state index is 14.1. The summed E-state index contributed by atoms with van der Waals surface area (Å²) in [6, 6.07) is 17.6. The van der Waals surface area contributed by atoms with Crippen LogP contribution in [0.4, 0.5) is 17.1 Å². The van der Waals surface area contributed by atoms with Crippen LogP contribution in [-0.2, 0) is 19.5 Å². The molecular formula is C45H48ClN9O8S. The van der Waals surface area contributed by atoms with Gasteiger partial charge in [0.25, 0.3) is 21.6 Å². The molecule has 1 atom stereocenters. The molecule has 1 unspecified atom stereocenters. The smallest absolute Gasteiger partial charge is 0.296 e. The van der Waals surface area contributed by atoms with Gasteiger partial charge in [0.1, 0.15) is 33.2 Å². The van der Waals surface area contributed by atoms with Crippen molar-refractivity contribution in [3.05, 3.63) is 111 Å². The van der Waals surface area contributed by atoms with E-state index in [1.54, 1.807) is 24.4 Å². The number of nitro benzene ring substituents is 1. The summed E-state index contributed by atoms with van der Waals surface area (Å²) in [6.45, 7) is 9.80. The summed E-state index contributed by atoms with van der Waals surface area (Å²) in [7, 11) is -4.76. The number of ether oxygens (including phenoxy) is 3. The lowest BCUT2D eigenvalue weighted by Crippen LogP contribution is -2.47. The molecule has 0 bridgehead atoms. The highest BCUT2D eigenvalue weighted by Crippen LogP contribution is 2.44. The summed E-state index contributed by atoms with van der Waals surface area (Å²) in [5.41, 5.74) is 5.10. The number of anilines is 2. The van der Waals surface area contributed by atoms with Crippen molar-refractivity contribution in [3.63, 3.8) is 0 Å². The Labute approximate surface area is 374 Å². The molecular weight excluding hydrogens is 862 g/mol. The normalized spacial score (nSPS) is 18.4. The number of carbonyl (C=O) groups is 1. The second kappa shape index (κ2) is 17.8. The third kappa shape index (κ3) is 9.28. The number of sulfonamides is 1. The van der Waals surface area contributed by atoms with Crippen LogP contribution in [0.5, 0.6) is 11.5 Å². The van der Waals surface area contributed by atoms with Gasteiger partial charge in [-0.05, 0) is 72.2 Å². The largest absolute Gasteiger partial charge is 0.455 e. The lowest BCUT2D eigenvalue weighted by molar-refractivity contribution is -0.384. The number of halogens is 1. The maximum Gasteiger partial charge on any atom is 0.296 e. The van der Waals surface area contributed by atoms with Gasteiger partial charge in [-0.3, -0.25) is 19.8 Å². The van der Waals surface area contributed by atoms with Gasteiger partial charge in [0.05, 0.1) is 54.5 Å². The molecule has 17 nitrogen and oxygen atoms in total. The van der Waals surface area contributed by atoms with E-state index in [2.05, 4.69) is 65.8 Å². The molecule has 3 aromatic heterocycles. The SMILES string of the molecule is CC1(C)CCC(CN2CCN(c3ccc(C(=O)NS(=O)(=O)c4cc([N+](=O)[O-])c(NCC5COCCO5)c5[nH]cnc45)c(Oc4cnc5[nH]ccc5c4)c3)CC2)=C(c2ccc(Cl)cc2)C1. The van der Waals surface area contributed by atoms with E-state index in [1.807, 2.05) is 18.2 Å². The van der Waals surface area contributed by atoms with Crippen molar-refractivity contribution < 1.29 is 32.3 Å². The number of nitrogens with one attached hydrogen (secondary N) is 4. The predicted octanol–water partition coefficient (Wildman–Crippen LogP) is 7.53. The number of benzene rings is 3. The number of pyridine rings is 1. The number of amides is 1. The van der Waals surface area contributed by atoms with Gasteiger partial charge in [-0.15, -0.1) is 0 Å². The van der Waals surface area contributed by atoms with E-state index in [4.69, 9.17) is 25.8 Å². The third-order valence-electron chi connectivity index (χ3n) is 12.1. The number of imidazole rings is 1. The number of piperazine rings is 1. The van der Waals surface area contributed by atoms with Gasteiger partial charge in [0.15, 0.2) is 0 Å². The average molecular weight is 910 g/mol. The van der Waals surface area contributed by atoms with Crippen LogP contribution in [0.3, 0.4) is 0 Å². The van der Waals surface area contributed by atoms with Crippen LogP contribution < -0.4 is 19.7 Å². The minimum atomic E-state index is -4.76. The molecule has 2 fully saturated rings. The Balaban J connectivity index is 0.966. The molecule has 0 spiro atoms. The van der Waals surface area contributed by atoms with Crippen LogP contribution in [-0.4, -0.2) is 109 Å². The number of hydrogen-bond donors (Lipinski definition) is 4. The van der Waals surface area contributed by atoms with E-state index in [-0.39, 0.29) is 52.7 Å². The molecule has 1 amide bonds. The number of aromatic amines is 2. The highest BCUT2D eigenvalue weighted by Gasteiger charge is 2.33. The number of hydrogen-bond acceptors (Lipinski definition) is 13. The standard InChI is InChI=1S/C45H48ClN9O8S/c1-45(2)11-9-30(36(22-45)28-3-5-31(46)6-4-28)25-53-13-15-54(16-14-53)32-7-8-35(38(20-32)63-33-19-29-10-12-47-43(29)49-23-33)44(56)52-64(59,60)39-21-37(55(57)58)40(42-41(39)50-27-51-42)48-24-34-26-61-17-18-62-34/h3-8,10,12,19-21,23,27,34,48H,9,11,13-18,22,24-26H2,1-2H3,(H,47,49)(H,50,51)(H,52,56). The van der Waals surface area contributed by atoms with E-state index in [0.29, 0.717) is 37.7 Å². The third-order valence-corrected chi connectivity index (χ3v) is 13.7. The summed E-state index contributed by atoms with van der Waals surface area (Å²) in [5, 5.41) is 16.9. The van der Waals surface area contributed by atoms with E-state index < -0.39 is 31.4 Å². The molecule has 334 valence electrons. The fourth-order valence-electron chi connectivity index (χ4n) is 8.67. The van der Waals surface area contributed by atoms with Gasteiger partial charge in [0.2, 0.25) is 0 Å². The number of nitrogens with zero attached hydrogens (tertiary/aromatic N) is 5. The van der Waals surface area contributed by atoms with Crippen LogP contribution in [0.25, 0.3) is 27.6 Å². The summed E-state index contributed by atoms with van der Waals surface area (Å²) >= 11 is 6.25. The second-order valence-corrected chi connectivity index (χ2v) is 19.2. The molecule has 0 radical (unpaired) electrons. The topological polar surface area (TPSA) is 210 Å². The molecule has 64 heavy (non-hydrogen) atoms. The highest BCUT2D eigenvalue weighted by atomic mass is 35.5. The molecule has 5 heterocycles. The van der Waals surface area contributed by atoms with Crippen LogP contribution in [0.15, 0.2) is 89.9 Å².